The highest BCUT2D eigenvalue weighted by Gasteiger charge is 2.38. The molecule has 4 rings (SSSR count). The van der Waals surface area contributed by atoms with Gasteiger partial charge in [-0.2, -0.15) is 0 Å². The standard InChI is InChI=1S/C61H73N11O23/c1-4-24-93-52(84)29-65-55(86)42(26-50(80)81)68-54(85)31(2)66-58(89)43(27-51(82)83)69-56(87)40(18-11-23-62)67-47(75)28-64-59(90)53(72-46(74)20-22-49(78)79)32(3)95-60(91)44(25-45(73)37-16-9-10-17-39(37)63)70-57(88)41(19-21-48(76)77)71-61(92)94-30-38-35-14-7-5-12-33(35)34-13-6-8-15-36(34)38/h4-10,12-17,20,22,31-32,38,40-44,53H,1,11,18-19,21,23-30,62-63H2,2-3H3,(H,64,90)(H,65,86)(H,66,89)(H,67,75)(H,68,85)(H,69,87)(H,70,88)(H,71,92)(H,72,74)(H,76,77)(H,78,79)(H,80,81)(H,82,83)/b22-20+/t31-,32-,40+,41+,42+,43+,44+,53+/m1/s1. The minimum atomic E-state index is -2.08. The van der Waals surface area contributed by atoms with Gasteiger partial charge in [-0.25, -0.2) is 14.4 Å². The Bertz CT molecular complexity index is 3380. The van der Waals surface area contributed by atoms with E-state index in [0.717, 1.165) is 36.1 Å². The van der Waals surface area contributed by atoms with E-state index >= 15 is 0 Å². The molecular weight excluding hydrogens is 1250 g/mol. The third-order valence-electron chi connectivity index (χ3n) is 13.9. The quantitative estimate of drug-likeness (QED) is 0.00717. The summed E-state index contributed by atoms with van der Waals surface area (Å²) < 4.78 is 15.9. The zero-order valence-electron chi connectivity index (χ0n) is 51.2. The Morgan fingerprint density at radius 3 is 1.69 bits per heavy atom. The van der Waals surface area contributed by atoms with E-state index in [1.165, 1.54) is 30.3 Å². The van der Waals surface area contributed by atoms with Crippen molar-refractivity contribution in [3.05, 3.63) is 114 Å². The summed E-state index contributed by atoms with van der Waals surface area (Å²) in [6, 6.07) is 7.33. The second-order valence-corrected chi connectivity index (χ2v) is 21.0. The summed E-state index contributed by atoms with van der Waals surface area (Å²) >= 11 is 0. The van der Waals surface area contributed by atoms with Crippen LogP contribution >= 0.6 is 0 Å². The van der Waals surface area contributed by atoms with Gasteiger partial charge < -0.3 is 94.0 Å². The van der Waals surface area contributed by atoms with Crippen LogP contribution < -0.4 is 59.3 Å². The number of nitrogen functional groups attached to an aromatic ring is 1. The Morgan fingerprint density at radius 2 is 1.12 bits per heavy atom. The normalized spacial score (nSPS) is 13.8. The minimum absolute atomic E-state index is 0.0104. The molecule has 3 aromatic rings. The second kappa shape index (κ2) is 37.7. The summed E-state index contributed by atoms with van der Waals surface area (Å²) in [6.45, 7) is 3.07. The molecular formula is C61H73N11O23. The predicted molar refractivity (Wildman–Crippen MR) is 328 cm³/mol. The molecule has 8 atom stereocenters. The number of carbonyl (C=O) groups excluding carboxylic acids is 12. The van der Waals surface area contributed by atoms with E-state index in [9.17, 15) is 97.1 Å². The number of ketones is 1. The van der Waals surface area contributed by atoms with E-state index in [2.05, 4.69) is 54.4 Å². The number of aliphatic carboxylic acids is 4. The zero-order chi connectivity index (χ0) is 70.5. The van der Waals surface area contributed by atoms with Gasteiger partial charge in [0, 0.05) is 42.2 Å². The molecule has 0 saturated carbocycles. The van der Waals surface area contributed by atoms with Gasteiger partial charge in [-0.1, -0.05) is 73.3 Å². The number of fused-ring (bicyclic) bond motifs is 3. The van der Waals surface area contributed by atoms with Crippen molar-refractivity contribution in [3.63, 3.8) is 0 Å². The first-order valence-corrected chi connectivity index (χ1v) is 29.1. The predicted octanol–water partition coefficient (Wildman–Crippen LogP) is -2.24. The lowest BCUT2D eigenvalue weighted by Crippen LogP contribution is -2.59. The highest BCUT2D eigenvalue weighted by Crippen LogP contribution is 2.44. The number of nitrogens with one attached hydrogen (secondary N) is 9. The number of hydrogen-bond donors (Lipinski definition) is 15. The highest BCUT2D eigenvalue weighted by atomic mass is 16.6. The lowest BCUT2D eigenvalue weighted by Gasteiger charge is -2.27. The second-order valence-electron chi connectivity index (χ2n) is 21.0. The molecule has 510 valence electrons. The number of amides is 9. The largest absolute Gasteiger partial charge is 0.481 e. The first kappa shape index (κ1) is 75.9. The Kier molecular flexibility index (Phi) is 30.1. The first-order chi connectivity index (χ1) is 45.0. The summed E-state index contributed by atoms with van der Waals surface area (Å²) in [5.74, 6) is -19.9. The topological polar surface area (TPSA) is 542 Å². The molecule has 0 spiro atoms. The molecule has 0 unspecified atom stereocenters. The molecule has 0 aliphatic heterocycles. The number of alkyl carbamates (subject to hydrolysis) is 1. The maximum atomic E-state index is 14.3. The number of Topliss-reactive ketones (excluding diaryl/α,β-unsaturated/α-hetero) is 1. The fourth-order valence-corrected chi connectivity index (χ4v) is 9.22. The number of para-hydroxylation sites is 1. The fraction of sp³-hybridized carbons (Fsp3) is 0.377. The Labute approximate surface area is 541 Å². The van der Waals surface area contributed by atoms with Crippen molar-refractivity contribution in [2.75, 3.05) is 38.6 Å². The van der Waals surface area contributed by atoms with Crippen LogP contribution in [0.15, 0.2) is 97.6 Å². The fourth-order valence-electron chi connectivity index (χ4n) is 9.22. The van der Waals surface area contributed by atoms with Gasteiger partial charge in [0.05, 0.1) is 19.4 Å². The van der Waals surface area contributed by atoms with Crippen LogP contribution in [0.2, 0.25) is 0 Å². The summed E-state index contributed by atoms with van der Waals surface area (Å²) in [5.41, 5.74) is 15.0. The Morgan fingerprint density at radius 1 is 0.568 bits per heavy atom. The van der Waals surface area contributed by atoms with Gasteiger partial charge >= 0.3 is 41.9 Å². The minimum Gasteiger partial charge on any atom is -0.481 e. The number of ether oxygens (including phenoxy) is 3. The molecule has 95 heavy (non-hydrogen) atoms. The molecule has 9 amide bonds. The zero-order valence-corrected chi connectivity index (χ0v) is 51.2. The first-order valence-electron chi connectivity index (χ1n) is 29.1. The molecule has 3 aromatic carbocycles. The number of anilines is 1. The SMILES string of the molecule is C=CCOC(=O)CNC(=O)[C@H](CC(=O)O)NC(=O)[C@@H](C)NC(=O)[C@H](CC(=O)O)NC(=O)[C@H](CCCN)NC(=O)CNC(=O)[C@@H](NC(=O)/C=C/C(=O)O)[C@@H](C)OC(=O)[C@H](CC(=O)c1ccccc1N)NC(=O)[C@H](CCC(=O)O)NC(=O)OCC1c2ccccc2-c2ccccc21. The summed E-state index contributed by atoms with van der Waals surface area (Å²) in [5, 5.41) is 57.3. The summed E-state index contributed by atoms with van der Waals surface area (Å²) in [6.07, 6.45) is -5.70. The van der Waals surface area contributed by atoms with Crippen LogP contribution in [-0.2, 0) is 81.3 Å². The van der Waals surface area contributed by atoms with Gasteiger partial charge in [-0.15, -0.1) is 0 Å². The van der Waals surface area contributed by atoms with E-state index < -0.39 is 194 Å². The van der Waals surface area contributed by atoms with Crippen LogP contribution in [0.5, 0.6) is 0 Å². The molecule has 0 bridgehead atoms. The maximum absolute atomic E-state index is 14.3. The summed E-state index contributed by atoms with van der Waals surface area (Å²) in [7, 11) is 0. The molecule has 1 aliphatic carbocycles. The molecule has 0 heterocycles. The Balaban J connectivity index is 1.52. The van der Waals surface area contributed by atoms with Crippen LogP contribution in [0.1, 0.15) is 86.2 Å². The molecule has 1 aliphatic rings. The number of carbonyl (C=O) groups is 16. The Hall–Kier alpha value is -11.6. The number of carboxylic acid groups (broad SMARTS) is 4. The van der Waals surface area contributed by atoms with Crippen molar-refractivity contribution in [1.82, 2.24) is 47.9 Å². The number of carboxylic acids is 4. The lowest BCUT2D eigenvalue weighted by atomic mass is 9.98. The molecule has 34 nitrogen and oxygen atoms in total. The van der Waals surface area contributed by atoms with Crippen LogP contribution in [0, 0.1) is 0 Å². The van der Waals surface area contributed by atoms with Crippen molar-refractivity contribution in [3.8, 4) is 11.1 Å². The van der Waals surface area contributed by atoms with Crippen molar-refractivity contribution >= 4 is 101 Å². The van der Waals surface area contributed by atoms with Crippen molar-refractivity contribution < 1.29 is 111 Å². The van der Waals surface area contributed by atoms with E-state index in [0.29, 0.717) is 12.2 Å². The van der Waals surface area contributed by atoms with Crippen LogP contribution in [0.4, 0.5) is 10.5 Å². The van der Waals surface area contributed by atoms with Gasteiger partial charge in [0.1, 0.15) is 68.2 Å². The van der Waals surface area contributed by atoms with Gasteiger partial charge in [0.25, 0.3) is 0 Å². The van der Waals surface area contributed by atoms with E-state index in [-0.39, 0.29) is 43.9 Å². The summed E-state index contributed by atoms with van der Waals surface area (Å²) in [4.78, 5) is 208. The van der Waals surface area contributed by atoms with Crippen LogP contribution in [-0.4, -0.2) is 197 Å². The van der Waals surface area contributed by atoms with Crippen LogP contribution in [0.3, 0.4) is 0 Å². The smallest absolute Gasteiger partial charge is 0.407 e. The van der Waals surface area contributed by atoms with Gasteiger partial charge in [-0.3, -0.25) is 62.3 Å². The molecule has 0 fully saturated rings. The van der Waals surface area contributed by atoms with E-state index in [1.54, 1.807) is 12.1 Å². The van der Waals surface area contributed by atoms with Crippen molar-refractivity contribution in [2.24, 2.45) is 5.73 Å². The third-order valence-corrected chi connectivity index (χ3v) is 13.9. The molecule has 0 radical (unpaired) electrons. The molecule has 34 heteroatoms. The number of hydrogen-bond acceptors (Lipinski definition) is 21. The van der Waals surface area contributed by atoms with Crippen LogP contribution in [0.25, 0.3) is 11.1 Å². The third kappa shape index (κ3) is 24.9. The molecule has 0 saturated heterocycles. The number of nitrogens with two attached hydrogens (primary N) is 2. The lowest BCUT2D eigenvalue weighted by molar-refractivity contribution is -0.156. The monoisotopic (exact) mass is 1330 g/mol. The molecule has 0 aromatic heterocycles. The number of esters is 2. The van der Waals surface area contributed by atoms with E-state index in [1.807, 2.05) is 36.4 Å². The average Bonchev–Trinajstić information content (AvgIpc) is 1.62. The van der Waals surface area contributed by atoms with Gasteiger partial charge in [0.15, 0.2) is 5.78 Å². The van der Waals surface area contributed by atoms with Crippen molar-refractivity contribution in [2.45, 2.75) is 113 Å². The highest BCUT2D eigenvalue weighted by molar-refractivity contribution is 6.04. The maximum Gasteiger partial charge on any atom is 0.407 e. The van der Waals surface area contributed by atoms with E-state index in [4.69, 9.17) is 25.7 Å². The number of benzene rings is 3. The van der Waals surface area contributed by atoms with Crippen molar-refractivity contribution in [1.29, 1.82) is 0 Å². The average molecular weight is 1330 g/mol. The van der Waals surface area contributed by atoms with Gasteiger partial charge in [-0.05, 0) is 74.0 Å². The molecule has 17 N–H and O–H groups in total. The number of rotatable bonds is 39. The van der Waals surface area contributed by atoms with Gasteiger partial charge in [0.2, 0.25) is 47.3 Å².